The molecule has 1 N–H and O–H groups in total. The van der Waals surface area contributed by atoms with Crippen LogP contribution in [0.4, 0.5) is 0 Å². The standard InChI is InChI=1S/C17H19N2.BrH/c1-2-14-6-5-10-19(13-14)11-9-15-12-18-17-8-4-3-7-16(15)17;/h3-8,10,12-13,18H,2,9,11H2,1H3;1H/q+1;/p-1. The van der Waals surface area contributed by atoms with Gasteiger partial charge in [-0.1, -0.05) is 25.1 Å². The van der Waals surface area contributed by atoms with E-state index in [0.717, 1.165) is 19.4 Å². The lowest BCUT2D eigenvalue weighted by atomic mass is 10.1. The fourth-order valence-corrected chi connectivity index (χ4v) is 2.51. The second kappa shape index (κ2) is 6.71. The van der Waals surface area contributed by atoms with Crippen LogP contribution in [-0.4, -0.2) is 4.98 Å². The molecule has 0 unspecified atom stereocenters. The van der Waals surface area contributed by atoms with Gasteiger partial charge in [-0.3, -0.25) is 0 Å². The molecule has 0 aliphatic rings. The molecule has 0 bridgehead atoms. The van der Waals surface area contributed by atoms with Crippen molar-refractivity contribution in [2.45, 2.75) is 26.3 Å². The van der Waals surface area contributed by atoms with Crippen molar-refractivity contribution in [1.82, 2.24) is 4.98 Å². The zero-order valence-corrected chi connectivity index (χ0v) is 13.2. The van der Waals surface area contributed by atoms with Crippen LogP contribution in [0.1, 0.15) is 18.1 Å². The van der Waals surface area contributed by atoms with Gasteiger partial charge in [0, 0.05) is 35.2 Å². The van der Waals surface area contributed by atoms with Gasteiger partial charge >= 0.3 is 0 Å². The summed E-state index contributed by atoms with van der Waals surface area (Å²) >= 11 is 0. The Morgan fingerprint density at radius 1 is 1.10 bits per heavy atom. The van der Waals surface area contributed by atoms with Gasteiger partial charge in [-0.25, -0.2) is 4.57 Å². The van der Waals surface area contributed by atoms with Crippen molar-refractivity contribution < 1.29 is 21.5 Å². The number of para-hydroxylation sites is 1. The third kappa shape index (κ3) is 3.10. The minimum Gasteiger partial charge on any atom is -1.00 e. The quantitative estimate of drug-likeness (QED) is 0.662. The van der Waals surface area contributed by atoms with E-state index in [-0.39, 0.29) is 17.0 Å². The highest BCUT2D eigenvalue weighted by molar-refractivity contribution is 5.82. The Morgan fingerprint density at radius 2 is 1.95 bits per heavy atom. The highest BCUT2D eigenvalue weighted by Crippen LogP contribution is 2.17. The van der Waals surface area contributed by atoms with Gasteiger partial charge in [0.1, 0.15) is 0 Å². The van der Waals surface area contributed by atoms with E-state index in [1.54, 1.807) is 0 Å². The molecular formula is C17H19BrN2. The number of benzene rings is 1. The second-order valence-corrected chi connectivity index (χ2v) is 4.91. The van der Waals surface area contributed by atoms with E-state index < -0.39 is 0 Å². The van der Waals surface area contributed by atoms with E-state index in [1.807, 2.05) is 0 Å². The molecule has 0 saturated carbocycles. The minimum absolute atomic E-state index is 0. The molecule has 0 amide bonds. The van der Waals surface area contributed by atoms with Gasteiger partial charge in [0.2, 0.25) is 0 Å². The van der Waals surface area contributed by atoms with Crippen molar-refractivity contribution in [1.29, 1.82) is 0 Å². The second-order valence-electron chi connectivity index (χ2n) is 4.91. The smallest absolute Gasteiger partial charge is 0.171 e. The molecule has 104 valence electrons. The summed E-state index contributed by atoms with van der Waals surface area (Å²) in [7, 11) is 0. The molecule has 2 aromatic heterocycles. The first-order valence-electron chi connectivity index (χ1n) is 6.90. The maximum atomic E-state index is 3.34. The van der Waals surface area contributed by atoms with Crippen LogP contribution in [0.15, 0.2) is 55.0 Å². The highest BCUT2D eigenvalue weighted by atomic mass is 79.9. The fourth-order valence-electron chi connectivity index (χ4n) is 2.51. The topological polar surface area (TPSA) is 19.7 Å². The number of hydrogen-bond donors (Lipinski definition) is 1. The molecule has 2 nitrogen and oxygen atoms in total. The number of rotatable bonds is 4. The molecule has 0 radical (unpaired) electrons. The zero-order valence-electron chi connectivity index (χ0n) is 11.6. The number of nitrogens with zero attached hydrogens (tertiary/aromatic N) is 1. The predicted molar refractivity (Wildman–Crippen MR) is 78.0 cm³/mol. The summed E-state index contributed by atoms with van der Waals surface area (Å²) in [6.45, 7) is 3.22. The van der Waals surface area contributed by atoms with Crippen LogP contribution in [0.5, 0.6) is 0 Å². The minimum atomic E-state index is 0. The number of aryl methyl sites for hydroxylation is 3. The number of fused-ring (bicyclic) bond motifs is 1. The normalized spacial score (nSPS) is 10.4. The van der Waals surface area contributed by atoms with Crippen molar-refractivity contribution in [3.8, 4) is 0 Å². The molecule has 0 aliphatic heterocycles. The maximum absolute atomic E-state index is 3.34. The summed E-state index contributed by atoms with van der Waals surface area (Å²) in [5.41, 5.74) is 4.01. The lowest BCUT2D eigenvalue weighted by Crippen LogP contribution is -3.00. The Bertz CT molecular complexity index is 688. The third-order valence-corrected chi connectivity index (χ3v) is 3.64. The van der Waals surface area contributed by atoms with E-state index in [9.17, 15) is 0 Å². The Labute approximate surface area is 130 Å². The van der Waals surface area contributed by atoms with Crippen molar-refractivity contribution in [2.75, 3.05) is 0 Å². The van der Waals surface area contributed by atoms with E-state index in [0.29, 0.717) is 0 Å². The monoisotopic (exact) mass is 330 g/mol. The summed E-state index contributed by atoms with van der Waals surface area (Å²) in [5.74, 6) is 0. The average Bonchev–Trinajstić information content (AvgIpc) is 2.89. The van der Waals surface area contributed by atoms with Gasteiger partial charge in [-0.15, -0.1) is 0 Å². The molecule has 2 heterocycles. The number of aromatic nitrogens is 2. The summed E-state index contributed by atoms with van der Waals surface area (Å²) in [4.78, 5) is 3.34. The SMILES string of the molecule is CCc1ccc[n+](CCc2c[nH]c3ccccc23)c1.[Br-]. The van der Waals surface area contributed by atoms with Crippen molar-refractivity contribution in [2.24, 2.45) is 0 Å². The fraction of sp³-hybridized carbons (Fsp3) is 0.235. The molecule has 20 heavy (non-hydrogen) atoms. The number of halogens is 1. The zero-order chi connectivity index (χ0) is 13.1. The van der Waals surface area contributed by atoms with Gasteiger partial charge in [-0.05, 0) is 24.1 Å². The average molecular weight is 331 g/mol. The van der Waals surface area contributed by atoms with Crippen LogP contribution in [0.2, 0.25) is 0 Å². The number of H-pyrrole nitrogens is 1. The largest absolute Gasteiger partial charge is 1.00 e. The van der Waals surface area contributed by atoms with Crippen LogP contribution < -0.4 is 21.5 Å². The predicted octanol–water partition coefficient (Wildman–Crippen LogP) is 0.264. The van der Waals surface area contributed by atoms with Crippen LogP contribution in [-0.2, 0) is 19.4 Å². The van der Waals surface area contributed by atoms with E-state index in [4.69, 9.17) is 0 Å². The first-order valence-corrected chi connectivity index (χ1v) is 6.90. The molecule has 0 atom stereocenters. The van der Waals surface area contributed by atoms with Gasteiger partial charge in [0.05, 0.1) is 0 Å². The van der Waals surface area contributed by atoms with Gasteiger partial charge < -0.3 is 22.0 Å². The third-order valence-electron chi connectivity index (χ3n) is 3.64. The van der Waals surface area contributed by atoms with Crippen LogP contribution in [0.25, 0.3) is 10.9 Å². The number of hydrogen-bond acceptors (Lipinski definition) is 0. The van der Waals surface area contributed by atoms with Gasteiger partial charge in [0.25, 0.3) is 0 Å². The number of aromatic amines is 1. The van der Waals surface area contributed by atoms with Crippen LogP contribution in [0, 0.1) is 0 Å². The molecule has 3 heteroatoms. The highest BCUT2D eigenvalue weighted by Gasteiger charge is 2.06. The molecule has 0 aliphatic carbocycles. The maximum Gasteiger partial charge on any atom is 0.171 e. The van der Waals surface area contributed by atoms with Crippen molar-refractivity contribution >= 4 is 10.9 Å². The first kappa shape index (κ1) is 14.8. The Morgan fingerprint density at radius 3 is 2.80 bits per heavy atom. The Hall–Kier alpha value is -1.61. The van der Waals surface area contributed by atoms with Crippen LogP contribution >= 0.6 is 0 Å². The van der Waals surface area contributed by atoms with Crippen molar-refractivity contribution in [3.63, 3.8) is 0 Å². The van der Waals surface area contributed by atoms with Crippen molar-refractivity contribution in [3.05, 3.63) is 66.1 Å². The summed E-state index contributed by atoms with van der Waals surface area (Å²) in [6.07, 6.45) is 8.67. The van der Waals surface area contributed by atoms with E-state index in [1.165, 1.54) is 22.0 Å². The van der Waals surface area contributed by atoms with Gasteiger partial charge in [0.15, 0.2) is 18.9 Å². The summed E-state index contributed by atoms with van der Waals surface area (Å²) < 4.78 is 2.28. The lowest BCUT2D eigenvalue weighted by Gasteiger charge is -1.99. The Balaban J connectivity index is 0.00000147. The van der Waals surface area contributed by atoms with Gasteiger partial charge in [-0.2, -0.15) is 0 Å². The van der Waals surface area contributed by atoms with E-state index >= 15 is 0 Å². The molecule has 0 spiro atoms. The molecule has 1 aromatic carbocycles. The Kier molecular flexibility index (Phi) is 4.96. The number of pyridine rings is 1. The molecule has 0 saturated heterocycles. The lowest BCUT2D eigenvalue weighted by molar-refractivity contribution is -0.696. The molecule has 3 rings (SSSR count). The molecule has 3 aromatic rings. The first-order chi connectivity index (χ1) is 9.36. The molecule has 0 fully saturated rings. The van der Waals surface area contributed by atoms with E-state index in [2.05, 4.69) is 71.5 Å². The summed E-state index contributed by atoms with van der Waals surface area (Å²) in [5, 5.41) is 1.34. The molecular weight excluding hydrogens is 312 g/mol. The summed E-state index contributed by atoms with van der Waals surface area (Å²) in [6, 6.07) is 12.8. The number of nitrogens with one attached hydrogen (secondary N) is 1. The van der Waals surface area contributed by atoms with Crippen LogP contribution in [0.3, 0.4) is 0 Å².